The summed E-state index contributed by atoms with van der Waals surface area (Å²) in [6, 6.07) is 0. The monoisotopic (exact) mass is 600 g/mol. The van der Waals surface area contributed by atoms with Crippen LogP contribution in [0.1, 0.15) is 0 Å². The third-order valence-electron chi connectivity index (χ3n) is 0. The average Bonchev–Trinajstić information content (AvgIpc) is 0. The smallest absolute Gasteiger partial charge is 1.00 e. The van der Waals surface area contributed by atoms with E-state index in [4.69, 9.17) is 0 Å². The van der Waals surface area contributed by atoms with Crippen molar-refractivity contribution in [2.75, 3.05) is 0 Å². The number of hydrogen-bond acceptors (Lipinski definition) is 0. The van der Waals surface area contributed by atoms with Gasteiger partial charge in [-0.2, -0.15) is 0 Å². The van der Waals surface area contributed by atoms with E-state index in [1.54, 1.807) is 0 Å². The van der Waals surface area contributed by atoms with Crippen LogP contribution in [-0.4, -0.2) is 0 Å². The molecule has 0 heterocycles. The molecule has 0 aliphatic heterocycles. The van der Waals surface area contributed by atoms with Gasteiger partial charge in [-0.25, -0.2) is 0 Å². The van der Waals surface area contributed by atoms with Crippen LogP contribution in [0.3, 0.4) is 0 Å². The minimum atomic E-state index is 0. The van der Waals surface area contributed by atoms with E-state index in [0.717, 1.165) is 0 Å². The van der Waals surface area contributed by atoms with Gasteiger partial charge in [0.1, 0.15) is 0 Å². The van der Waals surface area contributed by atoms with Crippen molar-refractivity contribution in [3.63, 3.8) is 0 Å². The van der Waals surface area contributed by atoms with Crippen molar-refractivity contribution in [2.45, 2.75) is 0 Å². The Labute approximate surface area is 156 Å². The largest absolute Gasteiger partial charge is 3.00 e. The SMILES string of the molecule is [Er+3].[F-].[F-].[F-].[F-].[F-].[F-].[F-].[F-].[F-].[Y+3].[Yb+3]. The molecule has 0 bridgehead atoms. The van der Waals surface area contributed by atoms with Gasteiger partial charge in [-0.3, -0.25) is 0 Å². The van der Waals surface area contributed by atoms with Crippen LogP contribution in [-0.2, 0) is 32.7 Å². The molecule has 0 aromatic rings. The molecular weight excluding hydrogens is 600 g/mol. The Morgan fingerprint density at radius 1 is 0.333 bits per heavy atom. The maximum atomic E-state index is 0. The van der Waals surface area contributed by atoms with Gasteiger partial charge in [0, 0.05) is 0 Å². The van der Waals surface area contributed by atoms with Gasteiger partial charge >= 0.3 is 117 Å². The Balaban J connectivity index is 0. The number of hydrogen-bond donors (Lipinski definition) is 0. The summed E-state index contributed by atoms with van der Waals surface area (Å²) >= 11 is 0. The molecule has 12 heteroatoms. The quantitative estimate of drug-likeness (QED) is 0.243. The second-order valence-electron chi connectivity index (χ2n) is 0. The summed E-state index contributed by atoms with van der Waals surface area (Å²) < 4.78 is 0. The Kier molecular flexibility index (Phi) is 5830. The average molecular weight is 600 g/mol. The van der Waals surface area contributed by atoms with E-state index in [1.165, 1.54) is 0 Å². The molecule has 0 N–H and O–H groups in total. The molecule has 0 saturated carbocycles. The molecule has 0 aromatic heterocycles. The van der Waals surface area contributed by atoms with E-state index in [1.807, 2.05) is 0 Å². The van der Waals surface area contributed by atoms with E-state index in [0.29, 0.717) is 0 Å². The van der Waals surface area contributed by atoms with Crippen molar-refractivity contribution in [2.24, 2.45) is 0 Å². The minimum absolute atomic E-state index is 0. The van der Waals surface area contributed by atoms with Crippen molar-refractivity contribution in [3.05, 3.63) is 0 Å². The topological polar surface area (TPSA) is 0 Å². The zero-order chi connectivity index (χ0) is 0. The van der Waals surface area contributed by atoms with Gasteiger partial charge in [-0.15, -0.1) is 0 Å². The maximum absolute atomic E-state index is 0. The molecule has 0 saturated heterocycles. The molecule has 0 aliphatic carbocycles. The van der Waals surface area contributed by atoms with E-state index < -0.39 is 0 Å². The van der Waals surface area contributed by atoms with E-state index >= 15 is 0 Å². The second kappa shape index (κ2) is 238. The van der Waals surface area contributed by atoms with Gasteiger partial charge < -0.3 is 42.3 Å². The van der Waals surface area contributed by atoms with Crippen LogP contribution in [0.5, 0.6) is 0 Å². The first-order chi connectivity index (χ1) is 0. The summed E-state index contributed by atoms with van der Waals surface area (Å²) in [5.41, 5.74) is 0. The van der Waals surface area contributed by atoms with Crippen LogP contribution in [0.15, 0.2) is 0 Å². The van der Waals surface area contributed by atoms with E-state index in [2.05, 4.69) is 0 Å². The summed E-state index contributed by atoms with van der Waals surface area (Å²) in [5, 5.41) is 0. The Morgan fingerprint density at radius 2 is 0.333 bits per heavy atom. The standard InChI is InChI=1S/Er.9FH.Y.Yb/h;9*1H;;/q+3;;;;;;;;;;2*+3/p-9. The summed E-state index contributed by atoms with van der Waals surface area (Å²) in [7, 11) is 0. The molecule has 0 rings (SSSR count). The molecular formula is ErF9YYb. The van der Waals surface area contributed by atoms with Gasteiger partial charge in [-0.05, 0) is 0 Å². The van der Waals surface area contributed by atoms with Gasteiger partial charge in [0.05, 0.1) is 0 Å². The molecule has 0 atom stereocenters. The first kappa shape index (κ1) is 294. The van der Waals surface area contributed by atoms with Crippen LogP contribution >= 0.6 is 0 Å². The fourth-order valence-electron chi connectivity index (χ4n) is 0. The van der Waals surface area contributed by atoms with Crippen molar-refractivity contribution >= 4 is 0 Å². The maximum Gasteiger partial charge on any atom is 3.00 e. The van der Waals surface area contributed by atoms with Crippen LogP contribution in [0.2, 0.25) is 0 Å². The molecule has 0 unspecified atom stereocenters. The molecule has 0 aromatic carbocycles. The number of rotatable bonds is 0. The Bertz CT molecular complexity index is 14.5. The number of halogens is 9. The van der Waals surface area contributed by atoms with Crippen molar-refractivity contribution < 1.29 is 159 Å². The molecule has 0 amide bonds. The first-order valence-corrected chi connectivity index (χ1v) is 0. The van der Waals surface area contributed by atoms with Crippen molar-refractivity contribution in [1.82, 2.24) is 0 Å². The predicted molar refractivity (Wildman–Crippen MR) is 0 cm³/mol. The summed E-state index contributed by atoms with van der Waals surface area (Å²) in [6.07, 6.45) is 0. The minimum Gasteiger partial charge on any atom is -1.00 e. The normalized spacial score (nSPS) is 0. The molecule has 0 nitrogen and oxygen atoms in total. The van der Waals surface area contributed by atoms with E-state index in [9.17, 15) is 0 Å². The van der Waals surface area contributed by atoms with E-state index in [-0.39, 0.29) is 159 Å². The van der Waals surface area contributed by atoms with Crippen LogP contribution in [0, 0.1) is 84.2 Å². The third kappa shape index (κ3) is 189. The predicted octanol–water partition coefficient (Wildman–Crippen LogP) is -27.0. The summed E-state index contributed by atoms with van der Waals surface area (Å²) in [6.45, 7) is 0. The molecule has 92 valence electrons. The van der Waals surface area contributed by atoms with Gasteiger partial charge in [0.25, 0.3) is 0 Å². The molecule has 0 spiro atoms. The van der Waals surface area contributed by atoms with Crippen molar-refractivity contribution in [1.29, 1.82) is 0 Å². The van der Waals surface area contributed by atoms with Crippen LogP contribution < -0.4 is 42.3 Å². The molecule has 2 radical (unpaired) electrons. The van der Waals surface area contributed by atoms with Gasteiger partial charge in [0.2, 0.25) is 0 Å². The Morgan fingerprint density at radius 3 is 0.333 bits per heavy atom. The molecule has 0 fully saturated rings. The summed E-state index contributed by atoms with van der Waals surface area (Å²) in [4.78, 5) is 0. The summed E-state index contributed by atoms with van der Waals surface area (Å²) in [5.74, 6) is 0. The first-order valence-electron chi connectivity index (χ1n) is 0. The zero-order valence-corrected chi connectivity index (χ0v) is 10.9. The van der Waals surface area contributed by atoms with Crippen LogP contribution in [0.4, 0.5) is 0 Å². The Hall–Kier alpha value is 3.24. The zero-order valence-electron chi connectivity index (χ0n) is 4.53. The molecule has 12 heavy (non-hydrogen) atoms. The fourth-order valence-corrected chi connectivity index (χ4v) is 0. The fraction of sp³-hybridized carbons (Fsp3) is 0. The van der Waals surface area contributed by atoms with Gasteiger partial charge in [0.15, 0.2) is 0 Å². The van der Waals surface area contributed by atoms with Gasteiger partial charge in [-0.1, -0.05) is 0 Å². The van der Waals surface area contributed by atoms with Crippen molar-refractivity contribution in [3.8, 4) is 0 Å². The van der Waals surface area contributed by atoms with Crippen LogP contribution in [0.25, 0.3) is 0 Å². The molecule has 0 aliphatic rings. The second-order valence-corrected chi connectivity index (χ2v) is 0. The third-order valence-corrected chi connectivity index (χ3v) is 0.